The average Bonchev–Trinajstić information content (AvgIpc) is 2.41. The van der Waals surface area contributed by atoms with Crippen LogP contribution in [0.25, 0.3) is 0 Å². The van der Waals surface area contributed by atoms with Crippen LogP contribution >= 0.6 is 0 Å². The minimum Gasteiger partial charge on any atom is -0.0654 e. The fourth-order valence-electron chi connectivity index (χ4n) is 4.87. The van der Waals surface area contributed by atoms with Crippen LogP contribution in [-0.4, -0.2) is 0 Å². The Labute approximate surface area is 131 Å². The number of hydrogen-bond donors (Lipinski definition) is 0. The molecular formula is C21H32. The van der Waals surface area contributed by atoms with Gasteiger partial charge in [-0.3, -0.25) is 0 Å². The molecule has 21 heavy (non-hydrogen) atoms. The standard InChI is InChI=1S/C21H32/c1-3-5-6-8-17-9-11-19(12-10-17)20-15-21(16-20)13-18(14-21)7-4-2/h9-12,18,20H,3-8,13-16H2,1-2H3. The van der Waals surface area contributed by atoms with Crippen molar-refractivity contribution >= 4 is 0 Å². The molecule has 0 heterocycles. The zero-order valence-electron chi connectivity index (χ0n) is 14.0. The summed E-state index contributed by atoms with van der Waals surface area (Å²) in [6.45, 7) is 4.61. The van der Waals surface area contributed by atoms with Crippen LogP contribution in [0.3, 0.4) is 0 Å². The quantitative estimate of drug-likeness (QED) is 0.502. The van der Waals surface area contributed by atoms with Crippen LogP contribution in [0.15, 0.2) is 24.3 Å². The van der Waals surface area contributed by atoms with E-state index in [1.165, 1.54) is 69.8 Å². The molecule has 0 nitrogen and oxygen atoms in total. The highest BCUT2D eigenvalue weighted by Crippen LogP contribution is 2.64. The fraction of sp³-hybridized carbons (Fsp3) is 0.714. The molecule has 0 radical (unpaired) electrons. The molecule has 1 spiro atoms. The summed E-state index contributed by atoms with van der Waals surface area (Å²) in [4.78, 5) is 0. The molecule has 2 saturated carbocycles. The van der Waals surface area contributed by atoms with Crippen molar-refractivity contribution in [2.75, 3.05) is 0 Å². The predicted molar refractivity (Wildman–Crippen MR) is 91.7 cm³/mol. The van der Waals surface area contributed by atoms with E-state index in [-0.39, 0.29) is 0 Å². The maximum absolute atomic E-state index is 2.42. The molecule has 0 saturated heterocycles. The topological polar surface area (TPSA) is 0 Å². The van der Waals surface area contributed by atoms with Gasteiger partial charge in [0.15, 0.2) is 0 Å². The lowest BCUT2D eigenvalue weighted by atomic mass is 9.47. The van der Waals surface area contributed by atoms with E-state index in [1.807, 2.05) is 0 Å². The summed E-state index contributed by atoms with van der Waals surface area (Å²) in [5, 5.41) is 0. The van der Waals surface area contributed by atoms with Crippen LogP contribution in [0.2, 0.25) is 0 Å². The second-order valence-corrected chi connectivity index (χ2v) is 7.87. The Bertz CT molecular complexity index is 428. The lowest BCUT2D eigenvalue weighted by molar-refractivity contribution is -0.0446. The number of benzene rings is 1. The van der Waals surface area contributed by atoms with E-state index >= 15 is 0 Å². The Balaban J connectivity index is 1.45. The third kappa shape index (κ3) is 3.35. The molecule has 0 amide bonds. The van der Waals surface area contributed by atoms with Crippen LogP contribution < -0.4 is 0 Å². The van der Waals surface area contributed by atoms with Crippen molar-refractivity contribution in [2.45, 2.75) is 84.0 Å². The van der Waals surface area contributed by atoms with Gasteiger partial charge in [-0.25, -0.2) is 0 Å². The van der Waals surface area contributed by atoms with Crippen molar-refractivity contribution in [3.8, 4) is 0 Å². The molecule has 0 aromatic heterocycles. The summed E-state index contributed by atoms with van der Waals surface area (Å²) in [5.74, 6) is 1.94. The molecule has 0 aliphatic heterocycles. The van der Waals surface area contributed by atoms with Crippen molar-refractivity contribution in [1.29, 1.82) is 0 Å². The monoisotopic (exact) mass is 284 g/mol. The third-order valence-electron chi connectivity index (χ3n) is 6.02. The van der Waals surface area contributed by atoms with Crippen LogP contribution in [-0.2, 0) is 6.42 Å². The van der Waals surface area contributed by atoms with Crippen molar-refractivity contribution in [1.82, 2.24) is 0 Å². The highest BCUT2D eigenvalue weighted by atomic mass is 14.6. The molecule has 1 aromatic carbocycles. The highest BCUT2D eigenvalue weighted by Gasteiger charge is 2.52. The van der Waals surface area contributed by atoms with Gasteiger partial charge < -0.3 is 0 Å². The first-order chi connectivity index (χ1) is 10.2. The van der Waals surface area contributed by atoms with Gasteiger partial charge in [0.05, 0.1) is 0 Å². The minimum atomic E-state index is 0.782. The molecule has 0 heteroatoms. The molecule has 2 aliphatic carbocycles. The zero-order valence-corrected chi connectivity index (χ0v) is 14.0. The summed E-state index contributed by atoms with van der Waals surface area (Å²) < 4.78 is 0. The Kier molecular flexibility index (Phi) is 4.72. The molecular weight excluding hydrogens is 252 g/mol. The van der Waals surface area contributed by atoms with E-state index in [0.717, 1.165) is 17.3 Å². The van der Waals surface area contributed by atoms with Gasteiger partial charge in [-0.15, -0.1) is 0 Å². The molecule has 0 N–H and O–H groups in total. The SMILES string of the molecule is CCCCCc1ccc(C2CC3(CC(CCC)C3)C2)cc1. The first kappa shape index (κ1) is 15.1. The second-order valence-electron chi connectivity index (χ2n) is 7.87. The molecule has 3 rings (SSSR count). The zero-order chi connectivity index (χ0) is 14.7. The molecule has 116 valence electrons. The lowest BCUT2D eigenvalue weighted by Crippen LogP contribution is -2.46. The smallest absolute Gasteiger partial charge is 0.0151 e. The molecule has 0 unspecified atom stereocenters. The van der Waals surface area contributed by atoms with Gasteiger partial charge >= 0.3 is 0 Å². The van der Waals surface area contributed by atoms with Gasteiger partial charge in [0.25, 0.3) is 0 Å². The highest BCUT2D eigenvalue weighted by molar-refractivity contribution is 5.29. The number of hydrogen-bond acceptors (Lipinski definition) is 0. The maximum atomic E-state index is 2.42. The van der Waals surface area contributed by atoms with Crippen LogP contribution in [0.4, 0.5) is 0 Å². The molecule has 2 aliphatic rings. The minimum absolute atomic E-state index is 0.782. The summed E-state index contributed by atoms with van der Waals surface area (Å²) >= 11 is 0. The molecule has 1 aromatic rings. The Hall–Kier alpha value is -0.780. The van der Waals surface area contributed by atoms with E-state index in [0.29, 0.717) is 0 Å². The largest absolute Gasteiger partial charge is 0.0654 e. The maximum Gasteiger partial charge on any atom is -0.0151 e. The predicted octanol–water partition coefficient (Wildman–Crippen LogP) is 6.49. The second kappa shape index (κ2) is 6.55. The van der Waals surface area contributed by atoms with Crippen LogP contribution in [0, 0.1) is 11.3 Å². The summed E-state index contributed by atoms with van der Waals surface area (Å²) in [6, 6.07) is 9.61. The van der Waals surface area contributed by atoms with Gasteiger partial charge in [0, 0.05) is 0 Å². The normalized spacial score (nSPS) is 31.0. The number of rotatable bonds is 7. The first-order valence-electron chi connectivity index (χ1n) is 9.33. The molecule has 2 fully saturated rings. The van der Waals surface area contributed by atoms with Crippen molar-refractivity contribution in [2.24, 2.45) is 11.3 Å². The molecule has 0 bridgehead atoms. The van der Waals surface area contributed by atoms with Gasteiger partial charge in [0.1, 0.15) is 0 Å². The first-order valence-corrected chi connectivity index (χ1v) is 9.33. The van der Waals surface area contributed by atoms with Crippen molar-refractivity contribution in [3.63, 3.8) is 0 Å². The van der Waals surface area contributed by atoms with E-state index in [4.69, 9.17) is 0 Å². The van der Waals surface area contributed by atoms with Crippen molar-refractivity contribution < 1.29 is 0 Å². The van der Waals surface area contributed by atoms with Gasteiger partial charge in [-0.2, -0.15) is 0 Å². The molecule has 0 atom stereocenters. The summed E-state index contributed by atoms with van der Waals surface area (Å²) in [6.07, 6.45) is 14.2. The average molecular weight is 284 g/mol. The number of aryl methyl sites for hydroxylation is 1. The number of unbranched alkanes of at least 4 members (excludes halogenated alkanes) is 2. The third-order valence-corrected chi connectivity index (χ3v) is 6.02. The van der Waals surface area contributed by atoms with Gasteiger partial charge in [-0.1, -0.05) is 63.8 Å². The van der Waals surface area contributed by atoms with E-state index in [1.54, 1.807) is 5.56 Å². The fourth-order valence-corrected chi connectivity index (χ4v) is 4.87. The Morgan fingerprint density at radius 1 is 0.905 bits per heavy atom. The van der Waals surface area contributed by atoms with E-state index < -0.39 is 0 Å². The Morgan fingerprint density at radius 2 is 1.62 bits per heavy atom. The Morgan fingerprint density at radius 3 is 2.24 bits per heavy atom. The van der Waals surface area contributed by atoms with Crippen molar-refractivity contribution in [3.05, 3.63) is 35.4 Å². The van der Waals surface area contributed by atoms with Gasteiger partial charge in [0.2, 0.25) is 0 Å². The van der Waals surface area contributed by atoms with Crippen LogP contribution in [0.5, 0.6) is 0 Å². The van der Waals surface area contributed by atoms with E-state index in [9.17, 15) is 0 Å². The summed E-state index contributed by atoms with van der Waals surface area (Å²) in [5.41, 5.74) is 3.93. The van der Waals surface area contributed by atoms with Crippen LogP contribution in [0.1, 0.15) is 88.7 Å². The lowest BCUT2D eigenvalue weighted by Gasteiger charge is -2.58. The van der Waals surface area contributed by atoms with Gasteiger partial charge in [-0.05, 0) is 66.9 Å². The van der Waals surface area contributed by atoms with E-state index in [2.05, 4.69) is 38.1 Å². The summed E-state index contributed by atoms with van der Waals surface area (Å²) in [7, 11) is 0.